The predicted octanol–water partition coefficient (Wildman–Crippen LogP) is 3.73. The maximum Gasteiger partial charge on any atom is 0.142 e. The number of halogens is 3. The molecular formula is C15H14ClF2N. The summed E-state index contributed by atoms with van der Waals surface area (Å²) in [5.74, 6) is -0.731. The Labute approximate surface area is 116 Å². The molecule has 1 atom stereocenters. The van der Waals surface area contributed by atoms with E-state index in [9.17, 15) is 8.78 Å². The molecule has 4 heteroatoms. The molecule has 2 aromatic carbocycles. The Balaban J connectivity index is 2.05. The molecule has 0 heterocycles. The molecule has 0 saturated heterocycles. The van der Waals surface area contributed by atoms with E-state index in [1.165, 1.54) is 18.2 Å². The van der Waals surface area contributed by atoms with Crippen molar-refractivity contribution in [2.24, 2.45) is 5.73 Å². The molecule has 0 bridgehead atoms. The Kier molecular flexibility index (Phi) is 4.51. The lowest BCUT2D eigenvalue weighted by molar-refractivity contribution is 0.612. The van der Waals surface area contributed by atoms with E-state index in [1.807, 2.05) is 6.07 Å². The van der Waals surface area contributed by atoms with E-state index in [-0.39, 0.29) is 16.9 Å². The first kappa shape index (κ1) is 14.0. The smallest absolute Gasteiger partial charge is 0.142 e. The van der Waals surface area contributed by atoms with E-state index >= 15 is 0 Å². The summed E-state index contributed by atoms with van der Waals surface area (Å²) in [6, 6.07) is 10.7. The van der Waals surface area contributed by atoms with Crippen LogP contribution in [0.25, 0.3) is 0 Å². The third kappa shape index (κ3) is 3.75. The minimum absolute atomic E-state index is 0.109. The molecule has 2 aromatic rings. The van der Waals surface area contributed by atoms with Crippen molar-refractivity contribution in [1.29, 1.82) is 0 Å². The fourth-order valence-corrected chi connectivity index (χ4v) is 2.23. The molecule has 2 rings (SSSR count). The molecule has 0 aromatic heterocycles. The zero-order valence-electron chi connectivity index (χ0n) is 10.2. The summed E-state index contributed by atoms with van der Waals surface area (Å²) in [7, 11) is 0. The average molecular weight is 282 g/mol. The van der Waals surface area contributed by atoms with Gasteiger partial charge in [0, 0.05) is 6.04 Å². The molecule has 0 fully saturated rings. The molecule has 1 unspecified atom stereocenters. The largest absolute Gasteiger partial charge is 0.327 e. The first-order valence-electron chi connectivity index (χ1n) is 5.99. The lowest BCUT2D eigenvalue weighted by Crippen LogP contribution is -2.25. The predicted molar refractivity (Wildman–Crippen MR) is 73.2 cm³/mol. The van der Waals surface area contributed by atoms with Crippen LogP contribution in [0.4, 0.5) is 8.78 Å². The van der Waals surface area contributed by atoms with Gasteiger partial charge in [0.05, 0.1) is 5.02 Å². The van der Waals surface area contributed by atoms with Crippen molar-refractivity contribution in [2.45, 2.75) is 18.9 Å². The van der Waals surface area contributed by atoms with Crippen molar-refractivity contribution in [1.82, 2.24) is 0 Å². The van der Waals surface area contributed by atoms with Crippen molar-refractivity contribution in [3.05, 3.63) is 70.2 Å². The molecule has 100 valence electrons. The van der Waals surface area contributed by atoms with Crippen molar-refractivity contribution in [2.75, 3.05) is 0 Å². The molecule has 0 aliphatic carbocycles. The summed E-state index contributed by atoms with van der Waals surface area (Å²) in [6.45, 7) is 0. The molecular weight excluding hydrogens is 268 g/mol. The molecule has 2 N–H and O–H groups in total. The standard InChI is InChI=1S/C15H14ClF2N/c16-15-11(4-2-6-14(15)18)9-13(19)8-10-3-1-5-12(17)7-10/h1-7,13H,8-9,19H2. The third-order valence-corrected chi connectivity index (χ3v) is 3.32. The van der Waals surface area contributed by atoms with E-state index in [1.54, 1.807) is 18.2 Å². The number of hydrogen-bond donors (Lipinski definition) is 1. The van der Waals surface area contributed by atoms with E-state index in [0.717, 1.165) is 5.56 Å². The highest BCUT2D eigenvalue weighted by molar-refractivity contribution is 6.31. The summed E-state index contributed by atoms with van der Waals surface area (Å²) in [5, 5.41) is 0.109. The summed E-state index contributed by atoms with van der Waals surface area (Å²) in [4.78, 5) is 0. The monoisotopic (exact) mass is 281 g/mol. The zero-order chi connectivity index (χ0) is 13.8. The zero-order valence-corrected chi connectivity index (χ0v) is 11.0. The van der Waals surface area contributed by atoms with Crippen LogP contribution < -0.4 is 5.73 Å². The maximum atomic E-state index is 13.3. The van der Waals surface area contributed by atoms with E-state index < -0.39 is 5.82 Å². The van der Waals surface area contributed by atoms with Crippen LogP contribution in [-0.4, -0.2) is 6.04 Å². The van der Waals surface area contributed by atoms with Crippen LogP contribution >= 0.6 is 11.6 Å². The van der Waals surface area contributed by atoms with Gasteiger partial charge in [-0.05, 0) is 42.2 Å². The first-order chi connectivity index (χ1) is 9.06. The van der Waals surface area contributed by atoms with Gasteiger partial charge in [0.2, 0.25) is 0 Å². The fourth-order valence-electron chi connectivity index (χ4n) is 2.03. The highest BCUT2D eigenvalue weighted by atomic mass is 35.5. The average Bonchev–Trinajstić information content (AvgIpc) is 2.35. The summed E-state index contributed by atoms with van der Waals surface area (Å²) < 4.78 is 26.3. The first-order valence-corrected chi connectivity index (χ1v) is 6.37. The van der Waals surface area contributed by atoms with Crippen LogP contribution in [0.3, 0.4) is 0 Å². The van der Waals surface area contributed by atoms with Crippen molar-refractivity contribution in [3.8, 4) is 0 Å². The molecule has 1 nitrogen and oxygen atoms in total. The van der Waals surface area contributed by atoms with Gasteiger partial charge in [-0.25, -0.2) is 8.78 Å². The lowest BCUT2D eigenvalue weighted by Gasteiger charge is -2.13. The van der Waals surface area contributed by atoms with Gasteiger partial charge in [0.1, 0.15) is 11.6 Å². The number of hydrogen-bond acceptors (Lipinski definition) is 1. The Morgan fingerprint density at radius 1 is 1.05 bits per heavy atom. The fraction of sp³-hybridized carbons (Fsp3) is 0.200. The van der Waals surface area contributed by atoms with Crippen molar-refractivity contribution in [3.63, 3.8) is 0 Å². The van der Waals surface area contributed by atoms with Gasteiger partial charge in [-0.1, -0.05) is 35.9 Å². The van der Waals surface area contributed by atoms with Gasteiger partial charge >= 0.3 is 0 Å². The van der Waals surface area contributed by atoms with Gasteiger partial charge in [0.25, 0.3) is 0 Å². The molecule has 0 spiro atoms. The maximum absolute atomic E-state index is 13.3. The van der Waals surface area contributed by atoms with Crippen molar-refractivity contribution >= 4 is 11.6 Å². The second kappa shape index (κ2) is 6.13. The SMILES string of the molecule is NC(Cc1cccc(F)c1)Cc1cccc(F)c1Cl. The van der Waals surface area contributed by atoms with Crippen LogP contribution in [0, 0.1) is 11.6 Å². The summed E-state index contributed by atoms with van der Waals surface area (Å²) >= 11 is 5.87. The quantitative estimate of drug-likeness (QED) is 0.908. The Morgan fingerprint density at radius 2 is 1.79 bits per heavy atom. The molecule has 19 heavy (non-hydrogen) atoms. The van der Waals surface area contributed by atoms with Gasteiger partial charge in [0.15, 0.2) is 0 Å². The molecule has 0 aliphatic rings. The van der Waals surface area contributed by atoms with Gasteiger partial charge < -0.3 is 5.73 Å². The van der Waals surface area contributed by atoms with Crippen LogP contribution in [0.2, 0.25) is 5.02 Å². The van der Waals surface area contributed by atoms with E-state index in [2.05, 4.69) is 0 Å². The summed E-state index contributed by atoms with van der Waals surface area (Å²) in [6.07, 6.45) is 0.970. The van der Waals surface area contributed by atoms with E-state index in [0.29, 0.717) is 18.4 Å². The molecule has 0 amide bonds. The minimum Gasteiger partial charge on any atom is -0.327 e. The highest BCUT2D eigenvalue weighted by Crippen LogP contribution is 2.21. The highest BCUT2D eigenvalue weighted by Gasteiger charge is 2.11. The topological polar surface area (TPSA) is 26.0 Å². The second-order valence-corrected chi connectivity index (χ2v) is 4.89. The van der Waals surface area contributed by atoms with Crippen LogP contribution in [0.5, 0.6) is 0 Å². The summed E-state index contributed by atoms with van der Waals surface area (Å²) in [5.41, 5.74) is 7.49. The Bertz CT molecular complexity index is 572. The van der Waals surface area contributed by atoms with E-state index in [4.69, 9.17) is 17.3 Å². The van der Waals surface area contributed by atoms with Crippen LogP contribution in [0.1, 0.15) is 11.1 Å². The Hall–Kier alpha value is -1.45. The minimum atomic E-state index is -0.447. The number of benzene rings is 2. The normalized spacial score (nSPS) is 12.4. The number of nitrogens with two attached hydrogens (primary N) is 1. The lowest BCUT2D eigenvalue weighted by atomic mass is 9.99. The third-order valence-electron chi connectivity index (χ3n) is 2.90. The number of rotatable bonds is 4. The second-order valence-electron chi connectivity index (χ2n) is 4.51. The molecule has 0 radical (unpaired) electrons. The van der Waals surface area contributed by atoms with Crippen LogP contribution in [-0.2, 0) is 12.8 Å². The molecule has 0 aliphatic heterocycles. The van der Waals surface area contributed by atoms with Gasteiger partial charge in [-0.15, -0.1) is 0 Å². The van der Waals surface area contributed by atoms with Crippen LogP contribution in [0.15, 0.2) is 42.5 Å². The van der Waals surface area contributed by atoms with Crippen molar-refractivity contribution < 1.29 is 8.78 Å². The Morgan fingerprint density at radius 3 is 2.53 bits per heavy atom. The van der Waals surface area contributed by atoms with Gasteiger partial charge in [-0.3, -0.25) is 0 Å². The molecule has 0 saturated carbocycles. The van der Waals surface area contributed by atoms with Gasteiger partial charge in [-0.2, -0.15) is 0 Å².